The Hall–Kier alpha value is -5.58. The topological polar surface area (TPSA) is 125 Å². The average molecular weight is 773 g/mol. The number of alkyl halides is 12. The van der Waals surface area contributed by atoms with Crippen molar-refractivity contribution in [3.05, 3.63) is 80.7 Å². The Kier molecular flexibility index (Phi) is 9.80. The van der Waals surface area contributed by atoms with Crippen LogP contribution in [0.1, 0.15) is 35.6 Å². The highest BCUT2D eigenvalue weighted by Gasteiger charge is 2.40. The Labute approximate surface area is 286 Å². The maximum Gasteiger partial charge on any atom is 0.434 e. The normalized spacial score (nSPS) is 12.9. The van der Waals surface area contributed by atoms with Crippen LogP contribution in [0.3, 0.4) is 0 Å². The standard InChI is InChI=1S/C15H13F6N5O.C14H11F6N5O/c1-8-6-26-12(27)10(11(15(19,20)21)23-13(26)24(8)2)9-5-22-25(7-9)4-3-14(16,17)18;1-7-5-25-11(26)9(10(14(18,19)20)23-12(25)22-7)8-4-21-24(6-8)3-2-13(15,16)17/h5-7H,3-4H2,1-2H3;4-6H,2-3H2,1H3,(H,22,23). The number of aryl methyl sites for hydroxylation is 5. The molecule has 0 atom stereocenters. The predicted octanol–water partition coefficient (Wildman–Crippen LogP) is 6.34. The lowest BCUT2D eigenvalue weighted by Gasteiger charge is -2.11. The molecule has 24 heteroatoms. The van der Waals surface area contributed by atoms with Gasteiger partial charge < -0.3 is 9.55 Å². The van der Waals surface area contributed by atoms with Gasteiger partial charge in [0.1, 0.15) is 0 Å². The van der Waals surface area contributed by atoms with Crippen LogP contribution in [-0.2, 0) is 32.5 Å². The molecular formula is C29H24F12N10O2. The molecule has 0 fully saturated rings. The predicted molar refractivity (Wildman–Crippen MR) is 160 cm³/mol. The monoisotopic (exact) mass is 772 g/mol. The molecule has 12 nitrogen and oxygen atoms in total. The zero-order valence-electron chi connectivity index (χ0n) is 27.2. The van der Waals surface area contributed by atoms with Crippen LogP contribution in [0.15, 0.2) is 46.8 Å². The van der Waals surface area contributed by atoms with E-state index >= 15 is 0 Å². The van der Waals surface area contributed by atoms with Crippen LogP contribution in [-0.4, -0.2) is 60.2 Å². The number of halogens is 12. The van der Waals surface area contributed by atoms with E-state index in [4.69, 9.17) is 0 Å². The summed E-state index contributed by atoms with van der Waals surface area (Å²) in [6.45, 7) is 1.98. The molecule has 0 aliphatic heterocycles. The number of H-pyrrole nitrogens is 1. The van der Waals surface area contributed by atoms with Crippen LogP contribution >= 0.6 is 0 Å². The van der Waals surface area contributed by atoms with Crippen molar-refractivity contribution in [2.24, 2.45) is 7.05 Å². The molecule has 6 rings (SSSR count). The van der Waals surface area contributed by atoms with Crippen LogP contribution in [0.5, 0.6) is 0 Å². The zero-order valence-corrected chi connectivity index (χ0v) is 27.2. The van der Waals surface area contributed by atoms with Gasteiger partial charge in [0.05, 0.1) is 36.4 Å². The second kappa shape index (κ2) is 13.4. The minimum Gasteiger partial charge on any atom is -0.328 e. The van der Waals surface area contributed by atoms with E-state index in [1.165, 1.54) is 30.9 Å². The van der Waals surface area contributed by atoms with Crippen molar-refractivity contribution in [3.8, 4) is 22.3 Å². The zero-order chi connectivity index (χ0) is 39.4. The highest BCUT2D eigenvalue weighted by Crippen LogP contribution is 2.35. The van der Waals surface area contributed by atoms with Crippen LogP contribution in [0.25, 0.3) is 33.8 Å². The minimum atomic E-state index is -4.94. The van der Waals surface area contributed by atoms with E-state index < -0.39 is 84.3 Å². The van der Waals surface area contributed by atoms with Crippen molar-refractivity contribution < 1.29 is 52.7 Å². The summed E-state index contributed by atoms with van der Waals surface area (Å²) in [5.41, 5.74) is -5.94. The van der Waals surface area contributed by atoms with Crippen molar-refractivity contribution in [3.63, 3.8) is 0 Å². The van der Waals surface area contributed by atoms with Crippen molar-refractivity contribution in [1.29, 1.82) is 0 Å². The molecule has 0 aromatic carbocycles. The maximum atomic E-state index is 13.5. The van der Waals surface area contributed by atoms with Crippen LogP contribution in [0.2, 0.25) is 0 Å². The van der Waals surface area contributed by atoms with Crippen LogP contribution in [0.4, 0.5) is 52.7 Å². The number of hydrogen-bond donors (Lipinski definition) is 1. The molecular weight excluding hydrogens is 748 g/mol. The molecule has 1 N–H and O–H groups in total. The first-order valence-corrected chi connectivity index (χ1v) is 14.9. The van der Waals surface area contributed by atoms with Gasteiger partial charge in [0.25, 0.3) is 11.1 Å². The number of imidazole rings is 2. The largest absolute Gasteiger partial charge is 0.434 e. The van der Waals surface area contributed by atoms with E-state index in [2.05, 4.69) is 25.1 Å². The third kappa shape index (κ3) is 8.40. The first-order chi connectivity index (χ1) is 24.3. The van der Waals surface area contributed by atoms with Crippen molar-refractivity contribution in [2.45, 2.75) is 64.5 Å². The van der Waals surface area contributed by atoms with Gasteiger partial charge >= 0.3 is 24.7 Å². The summed E-state index contributed by atoms with van der Waals surface area (Å²) in [6, 6.07) is 0. The molecule has 0 aliphatic rings. The Morgan fingerprint density at radius 2 is 1.09 bits per heavy atom. The summed E-state index contributed by atoms with van der Waals surface area (Å²) in [5, 5.41) is 7.24. The quantitative estimate of drug-likeness (QED) is 0.197. The molecule has 53 heavy (non-hydrogen) atoms. The molecule has 0 aliphatic carbocycles. The van der Waals surface area contributed by atoms with Gasteiger partial charge in [0, 0.05) is 67.4 Å². The number of nitrogens with zero attached hydrogens (tertiary/aromatic N) is 9. The summed E-state index contributed by atoms with van der Waals surface area (Å²) < 4.78 is 159. The molecule has 286 valence electrons. The van der Waals surface area contributed by atoms with Crippen LogP contribution < -0.4 is 11.1 Å². The number of fused-ring (bicyclic) bond motifs is 2. The van der Waals surface area contributed by atoms with E-state index in [1.807, 2.05) is 0 Å². The fourth-order valence-corrected chi connectivity index (χ4v) is 5.09. The molecule has 0 saturated carbocycles. The maximum absolute atomic E-state index is 13.5. The van der Waals surface area contributed by atoms with Gasteiger partial charge in [-0.1, -0.05) is 0 Å². The third-order valence-corrected chi connectivity index (χ3v) is 7.62. The summed E-state index contributed by atoms with van der Waals surface area (Å²) in [5.74, 6) is -0.480. The SMILES string of the molecule is Cc1cn2c(=O)c(-c3cnn(CCC(F)(F)F)c3)c(C(F)(F)F)nc2[nH]1.Cc1cn2c(=O)c(-c3cnn(CCC(F)(F)F)c3)c(C(F)(F)F)nc2n1C. The highest BCUT2D eigenvalue weighted by molar-refractivity contribution is 5.66. The molecule has 0 spiro atoms. The van der Waals surface area contributed by atoms with Crippen molar-refractivity contribution >= 4 is 11.6 Å². The molecule has 6 aromatic heterocycles. The lowest BCUT2D eigenvalue weighted by molar-refractivity contribution is -0.141. The Bertz CT molecular complexity index is 2400. The highest BCUT2D eigenvalue weighted by atomic mass is 19.4. The first-order valence-electron chi connectivity index (χ1n) is 14.9. The lowest BCUT2D eigenvalue weighted by Crippen LogP contribution is -2.23. The molecule has 6 heterocycles. The Morgan fingerprint density at radius 1 is 0.642 bits per heavy atom. The minimum absolute atomic E-state index is 0.196. The van der Waals surface area contributed by atoms with E-state index in [0.717, 1.165) is 43.0 Å². The summed E-state index contributed by atoms with van der Waals surface area (Å²) >= 11 is 0. The van der Waals surface area contributed by atoms with E-state index in [-0.39, 0.29) is 22.7 Å². The summed E-state index contributed by atoms with van der Waals surface area (Å²) in [6.07, 6.45) is -14.8. The molecule has 0 radical (unpaired) electrons. The van der Waals surface area contributed by atoms with E-state index in [0.29, 0.717) is 11.4 Å². The number of rotatable bonds is 6. The Morgan fingerprint density at radius 3 is 1.55 bits per heavy atom. The number of aromatic amines is 1. The fraction of sp³-hybridized carbons (Fsp3) is 0.379. The molecule has 0 saturated heterocycles. The van der Waals surface area contributed by atoms with Gasteiger partial charge in [-0.3, -0.25) is 27.8 Å². The first kappa shape index (κ1) is 38.6. The fourth-order valence-electron chi connectivity index (χ4n) is 5.09. The smallest absolute Gasteiger partial charge is 0.328 e. The second-order valence-corrected chi connectivity index (χ2v) is 11.6. The number of hydrogen-bond acceptors (Lipinski definition) is 6. The molecule has 0 unspecified atom stereocenters. The third-order valence-electron chi connectivity index (χ3n) is 7.62. The summed E-state index contributed by atoms with van der Waals surface area (Å²) in [4.78, 5) is 34.8. The van der Waals surface area contributed by atoms with E-state index in [1.54, 1.807) is 6.92 Å². The van der Waals surface area contributed by atoms with Gasteiger partial charge in [0.2, 0.25) is 11.6 Å². The average Bonchev–Trinajstić information content (AvgIpc) is 3.81. The number of nitrogens with one attached hydrogen (secondary N) is 1. The molecule has 0 amide bonds. The summed E-state index contributed by atoms with van der Waals surface area (Å²) in [7, 11) is 1.46. The molecule has 6 aromatic rings. The van der Waals surface area contributed by atoms with Crippen molar-refractivity contribution in [1.82, 2.24) is 47.9 Å². The van der Waals surface area contributed by atoms with Gasteiger partial charge in [-0.05, 0) is 13.8 Å². The molecule has 0 bridgehead atoms. The van der Waals surface area contributed by atoms with Crippen molar-refractivity contribution in [2.75, 3.05) is 0 Å². The van der Waals surface area contributed by atoms with Gasteiger partial charge in [-0.15, -0.1) is 0 Å². The van der Waals surface area contributed by atoms with Gasteiger partial charge in [-0.25, -0.2) is 9.97 Å². The second-order valence-electron chi connectivity index (χ2n) is 11.6. The van der Waals surface area contributed by atoms with Gasteiger partial charge in [-0.2, -0.15) is 62.9 Å². The van der Waals surface area contributed by atoms with Gasteiger partial charge in [0.15, 0.2) is 11.4 Å². The van der Waals surface area contributed by atoms with Crippen LogP contribution in [0, 0.1) is 13.8 Å². The van der Waals surface area contributed by atoms with E-state index in [9.17, 15) is 62.3 Å². The Balaban J connectivity index is 0.000000204. The number of aromatic nitrogens is 10. The lowest BCUT2D eigenvalue weighted by atomic mass is 10.1.